The highest BCUT2D eigenvalue weighted by atomic mass is 16.5. The number of hydrogen-bond acceptors (Lipinski definition) is 1. The van der Waals surface area contributed by atoms with E-state index in [0.717, 1.165) is 24.7 Å². The molecule has 2 rings (SSSR count). The second kappa shape index (κ2) is 4.29. The molecule has 0 radical (unpaired) electrons. The zero-order chi connectivity index (χ0) is 10.9. The molecule has 0 aromatic carbocycles. The van der Waals surface area contributed by atoms with Crippen LogP contribution in [0.1, 0.15) is 52.4 Å². The standard InChI is InChI=1S/C14H24O/c1-4-9-14(6-3)10-11-7-8-12(11)13(5-2)15-14/h4,11-13H,1,5-10H2,2-3H3. The van der Waals surface area contributed by atoms with Crippen LogP contribution in [0.15, 0.2) is 12.7 Å². The molecule has 1 aliphatic heterocycles. The smallest absolute Gasteiger partial charge is 0.0720 e. The fourth-order valence-electron chi connectivity index (χ4n) is 3.42. The maximum Gasteiger partial charge on any atom is 0.0720 e. The molecule has 1 nitrogen and oxygen atoms in total. The van der Waals surface area contributed by atoms with E-state index in [9.17, 15) is 0 Å². The predicted octanol–water partition coefficient (Wildman–Crippen LogP) is 3.94. The van der Waals surface area contributed by atoms with Gasteiger partial charge >= 0.3 is 0 Å². The van der Waals surface area contributed by atoms with E-state index in [1.54, 1.807) is 0 Å². The summed E-state index contributed by atoms with van der Waals surface area (Å²) in [4.78, 5) is 0. The van der Waals surface area contributed by atoms with Gasteiger partial charge in [-0.1, -0.05) is 19.9 Å². The summed E-state index contributed by atoms with van der Waals surface area (Å²) in [7, 11) is 0. The molecule has 2 fully saturated rings. The first-order chi connectivity index (χ1) is 7.24. The topological polar surface area (TPSA) is 9.23 Å². The lowest BCUT2D eigenvalue weighted by atomic mass is 9.62. The van der Waals surface area contributed by atoms with Crippen molar-refractivity contribution in [3.8, 4) is 0 Å². The van der Waals surface area contributed by atoms with Crippen LogP contribution in [0, 0.1) is 11.8 Å². The first-order valence-corrected chi connectivity index (χ1v) is 6.53. The predicted molar refractivity (Wildman–Crippen MR) is 63.8 cm³/mol. The molecule has 0 bridgehead atoms. The fourth-order valence-corrected chi connectivity index (χ4v) is 3.42. The minimum Gasteiger partial charge on any atom is -0.371 e. The Bertz CT molecular complexity index is 235. The van der Waals surface area contributed by atoms with Crippen LogP contribution >= 0.6 is 0 Å². The van der Waals surface area contributed by atoms with Gasteiger partial charge in [-0.25, -0.2) is 0 Å². The summed E-state index contributed by atoms with van der Waals surface area (Å²) >= 11 is 0. The van der Waals surface area contributed by atoms with E-state index in [4.69, 9.17) is 4.74 Å². The summed E-state index contributed by atoms with van der Waals surface area (Å²) in [5.41, 5.74) is 0.129. The zero-order valence-corrected chi connectivity index (χ0v) is 10.2. The molecular weight excluding hydrogens is 184 g/mol. The molecule has 4 atom stereocenters. The van der Waals surface area contributed by atoms with E-state index in [1.807, 2.05) is 6.08 Å². The van der Waals surface area contributed by atoms with Gasteiger partial charge in [0.25, 0.3) is 0 Å². The highest BCUT2D eigenvalue weighted by Crippen LogP contribution is 2.51. The second-order valence-corrected chi connectivity index (χ2v) is 5.30. The molecule has 1 saturated carbocycles. The van der Waals surface area contributed by atoms with Crippen molar-refractivity contribution in [3.63, 3.8) is 0 Å². The van der Waals surface area contributed by atoms with E-state index < -0.39 is 0 Å². The Morgan fingerprint density at radius 2 is 2.20 bits per heavy atom. The summed E-state index contributed by atoms with van der Waals surface area (Å²) in [5.74, 6) is 1.82. The number of fused-ring (bicyclic) bond motifs is 1. The molecule has 0 aromatic heterocycles. The molecule has 86 valence electrons. The van der Waals surface area contributed by atoms with Crippen molar-refractivity contribution in [1.82, 2.24) is 0 Å². The van der Waals surface area contributed by atoms with Crippen molar-refractivity contribution >= 4 is 0 Å². The minimum absolute atomic E-state index is 0.129. The maximum atomic E-state index is 6.38. The monoisotopic (exact) mass is 208 g/mol. The van der Waals surface area contributed by atoms with Gasteiger partial charge in [-0.05, 0) is 50.4 Å². The molecule has 1 saturated heterocycles. The molecular formula is C14H24O. The largest absolute Gasteiger partial charge is 0.371 e. The van der Waals surface area contributed by atoms with Gasteiger partial charge in [0.2, 0.25) is 0 Å². The Hall–Kier alpha value is -0.300. The molecule has 0 spiro atoms. The van der Waals surface area contributed by atoms with E-state index >= 15 is 0 Å². The normalized spacial score (nSPS) is 44.3. The van der Waals surface area contributed by atoms with E-state index in [0.29, 0.717) is 6.10 Å². The quantitative estimate of drug-likeness (QED) is 0.636. The Kier molecular flexibility index (Phi) is 3.20. The third-order valence-corrected chi connectivity index (χ3v) is 4.55. The van der Waals surface area contributed by atoms with Crippen LogP contribution in [0.4, 0.5) is 0 Å². The first kappa shape index (κ1) is 11.2. The lowest BCUT2D eigenvalue weighted by Crippen LogP contribution is -2.52. The highest BCUT2D eigenvalue weighted by Gasteiger charge is 2.48. The lowest BCUT2D eigenvalue weighted by Gasteiger charge is -2.54. The van der Waals surface area contributed by atoms with Crippen LogP contribution in [0.5, 0.6) is 0 Å². The van der Waals surface area contributed by atoms with Crippen LogP contribution in [0.25, 0.3) is 0 Å². The SMILES string of the molecule is C=CCC1(CC)CC2CCC2C(CC)O1. The van der Waals surface area contributed by atoms with Gasteiger partial charge in [0, 0.05) is 0 Å². The van der Waals surface area contributed by atoms with Crippen molar-refractivity contribution < 1.29 is 4.74 Å². The molecule has 4 unspecified atom stereocenters. The van der Waals surface area contributed by atoms with E-state index in [1.165, 1.54) is 25.7 Å². The third-order valence-electron chi connectivity index (χ3n) is 4.55. The highest BCUT2D eigenvalue weighted by molar-refractivity contribution is 5.00. The van der Waals surface area contributed by atoms with Crippen LogP contribution in [-0.2, 0) is 4.74 Å². The Morgan fingerprint density at radius 3 is 2.67 bits per heavy atom. The summed E-state index contributed by atoms with van der Waals surface area (Å²) < 4.78 is 6.38. The van der Waals surface area contributed by atoms with Gasteiger partial charge in [-0.3, -0.25) is 0 Å². The third kappa shape index (κ3) is 1.87. The van der Waals surface area contributed by atoms with Gasteiger partial charge in [-0.2, -0.15) is 0 Å². The van der Waals surface area contributed by atoms with Crippen molar-refractivity contribution in [1.29, 1.82) is 0 Å². The van der Waals surface area contributed by atoms with Gasteiger partial charge in [0.1, 0.15) is 0 Å². The van der Waals surface area contributed by atoms with Gasteiger partial charge < -0.3 is 4.74 Å². The number of rotatable bonds is 4. The molecule has 1 aliphatic carbocycles. The van der Waals surface area contributed by atoms with Gasteiger partial charge in [-0.15, -0.1) is 6.58 Å². The van der Waals surface area contributed by atoms with Gasteiger partial charge in [0.15, 0.2) is 0 Å². The van der Waals surface area contributed by atoms with Crippen LogP contribution in [0.3, 0.4) is 0 Å². The zero-order valence-electron chi connectivity index (χ0n) is 10.2. The van der Waals surface area contributed by atoms with E-state index in [2.05, 4.69) is 20.4 Å². The average Bonchev–Trinajstić information content (AvgIpc) is 2.22. The summed E-state index contributed by atoms with van der Waals surface area (Å²) in [6, 6.07) is 0. The van der Waals surface area contributed by atoms with Crippen molar-refractivity contribution in [3.05, 3.63) is 12.7 Å². The minimum atomic E-state index is 0.129. The molecule has 0 amide bonds. The Balaban J connectivity index is 2.09. The molecule has 15 heavy (non-hydrogen) atoms. The second-order valence-electron chi connectivity index (χ2n) is 5.30. The number of ether oxygens (including phenoxy) is 1. The Labute approximate surface area is 93.9 Å². The molecule has 1 heteroatoms. The van der Waals surface area contributed by atoms with Gasteiger partial charge in [0.05, 0.1) is 11.7 Å². The summed E-state index contributed by atoms with van der Waals surface area (Å²) in [6.45, 7) is 8.40. The summed E-state index contributed by atoms with van der Waals surface area (Å²) in [5, 5.41) is 0. The van der Waals surface area contributed by atoms with Crippen LogP contribution < -0.4 is 0 Å². The van der Waals surface area contributed by atoms with Crippen molar-refractivity contribution in [2.24, 2.45) is 11.8 Å². The first-order valence-electron chi connectivity index (χ1n) is 6.53. The average molecular weight is 208 g/mol. The fraction of sp³-hybridized carbons (Fsp3) is 0.857. The van der Waals surface area contributed by atoms with Crippen LogP contribution in [-0.4, -0.2) is 11.7 Å². The number of hydrogen-bond donors (Lipinski definition) is 0. The molecule has 1 heterocycles. The van der Waals surface area contributed by atoms with E-state index in [-0.39, 0.29) is 5.60 Å². The maximum absolute atomic E-state index is 6.38. The Morgan fingerprint density at radius 1 is 1.40 bits per heavy atom. The molecule has 2 aliphatic rings. The summed E-state index contributed by atoms with van der Waals surface area (Å²) in [6.07, 6.45) is 10.0. The van der Waals surface area contributed by atoms with Crippen LogP contribution in [0.2, 0.25) is 0 Å². The van der Waals surface area contributed by atoms with Crippen molar-refractivity contribution in [2.45, 2.75) is 64.1 Å². The van der Waals surface area contributed by atoms with Crippen molar-refractivity contribution in [2.75, 3.05) is 0 Å². The molecule has 0 aromatic rings. The lowest BCUT2D eigenvalue weighted by molar-refractivity contribution is -0.200. The molecule has 0 N–H and O–H groups in total.